The molecular weight excluding hydrogens is 389 g/mol. The normalized spacial score (nSPS) is 20.0. The van der Waals surface area contributed by atoms with Gasteiger partial charge in [-0.15, -0.1) is 21.5 Å². The molecule has 0 fully saturated rings. The summed E-state index contributed by atoms with van der Waals surface area (Å²) in [5.74, 6) is 0.861. The summed E-state index contributed by atoms with van der Waals surface area (Å²) in [5, 5.41) is 7.84. The smallest absolute Gasteiger partial charge is 0.247 e. The molecule has 0 aliphatic carbocycles. The van der Waals surface area contributed by atoms with Crippen molar-refractivity contribution in [3.63, 3.8) is 0 Å². The number of aliphatic imine (C=N–C) groups is 1. The predicted molar refractivity (Wildman–Crippen MR) is 103 cm³/mol. The Morgan fingerprint density at radius 3 is 2.81 bits per heavy atom. The van der Waals surface area contributed by atoms with Crippen LogP contribution in [-0.2, 0) is 11.0 Å². The Morgan fingerprint density at radius 1 is 1.33 bits per heavy atom. The van der Waals surface area contributed by atoms with E-state index in [-0.39, 0.29) is 17.5 Å². The molecule has 0 amide bonds. The summed E-state index contributed by atoms with van der Waals surface area (Å²) in [7, 11) is 0.278. The number of guanidine groups is 1. The predicted octanol–water partition coefficient (Wildman–Crippen LogP) is 2.88. The first kappa shape index (κ1) is 17.8. The van der Waals surface area contributed by atoms with Gasteiger partial charge in [0, 0.05) is 24.4 Å². The van der Waals surface area contributed by atoms with Crippen molar-refractivity contribution in [1.82, 2.24) is 14.5 Å². The number of aromatic nitrogens is 2. The molecule has 4 rings (SSSR count). The summed E-state index contributed by atoms with van der Waals surface area (Å²) >= 11 is 1.28. The molecule has 3 heterocycles. The maximum atomic E-state index is 14.6. The van der Waals surface area contributed by atoms with Gasteiger partial charge in [0.15, 0.2) is 0 Å². The van der Waals surface area contributed by atoms with Crippen LogP contribution in [0.4, 0.5) is 4.39 Å². The maximum Gasteiger partial charge on any atom is 0.247 e. The van der Waals surface area contributed by atoms with Crippen LogP contribution in [0.3, 0.4) is 0 Å². The third kappa shape index (κ3) is 3.37. The Bertz CT molecular complexity index is 1060. The molecule has 1 aliphatic heterocycles. The van der Waals surface area contributed by atoms with Crippen LogP contribution in [0.5, 0.6) is 0 Å². The van der Waals surface area contributed by atoms with Crippen molar-refractivity contribution in [3.05, 3.63) is 46.9 Å². The highest BCUT2D eigenvalue weighted by Gasteiger charge is 2.28. The lowest BCUT2D eigenvalue weighted by Crippen LogP contribution is -2.41. The lowest BCUT2D eigenvalue weighted by Gasteiger charge is -2.25. The molecule has 1 aliphatic rings. The van der Waals surface area contributed by atoms with Crippen molar-refractivity contribution in [1.29, 1.82) is 0 Å². The third-order valence-corrected chi connectivity index (χ3v) is 6.81. The van der Waals surface area contributed by atoms with Crippen molar-refractivity contribution < 1.29 is 13.0 Å². The van der Waals surface area contributed by atoms with Crippen molar-refractivity contribution in [2.75, 3.05) is 12.8 Å². The zero-order valence-corrected chi connectivity index (χ0v) is 16.2. The number of hydrogen-bond acceptors (Lipinski definition) is 7. The van der Waals surface area contributed by atoms with E-state index in [9.17, 15) is 8.60 Å². The highest BCUT2D eigenvalue weighted by molar-refractivity contribution is 7.83. The molecule has 0 spiro atoms. The lowest BCUT2D eigenvalue weighted by molar-refractivity contribution is 0.533. The zero-order chi connectivity index (χ0) is 19.1. The first-order valence-electron chi connectivity index (χ1n) is 8.08. The zero-order valence-electron chi connectivity index (χ0n) is 14.5. The molecule has 10 heteroatoms. The van der Waals surface area contributed by atoms with Crippen molar-refractivity contribution >= 4 is 28.3 Å². The van der Waals surface area contributed by atoms with Gasteiger partial charge in [0.1, 0.15) is 22.8 Å². The van der Waals surface area contributed by atoms with E-state index >= 15 is 0 Å². The minimum atomic E-state index is -1.33. The van der Waals surface area contributed by atoms with Gasteiger partial charge in [0.05, 0.1) is 10.6 Å². The molecular formula is C17H16FN5O2S2. The van der Waals surface area contributed by atoms with Crippen molar-refractivity contribution in [2.45, 2.75) is 13.0 Å². The molecule has 0 saturated heterocycles. The molecule has 0 radical (unpaired) electrons. The Kier molecular flexibility index (Phi) is 4.52. The highest BCUT2D eigenvalue weighted by Crippen LogP contribution is 2.38. The number of rotatable bonds is 3. The fraction of sp³-hybridized carbons (Fsp3) is 0.235. The van der Waals surface area contributed by atoms with Gasteiger partial charge in [-0.25, -0.2) is 13.6 Å². The Labute approximate surface area is 161 Å². The van der Waals surface area contributed by atoms with Gasteiger partial charge < -0.3 is 10.2 Å². The number of aryl methyl sites for hydroxylation is 1. The Hall–Kier alpha value is -2.59. The first-order valence-corrected chi connectivity index (χ1v) is 10.2. The van der Waals surface area contributed by atoms with Crippen LogP contribution in [0.15, 0.2) is 39.7 Å². The highest BCUT2D eigenvalue weighted by atomic mass is 32.2. The fourth-order valence-electron chi connectivity index (χ4n) is 2.73. The first-order chi connectivity index (χ1) is 12.9. The summed E-state index contributed by atoms with van der Waals surface area (Å²) in [6, 6.07) is 8.36. The van der Waals surface area contributed by atoms with Gasteiger partial charge in [-0.05, 0) is 23.8 Å². The van der Waals surface area contributed by atoms with E-state index in [0.29, 0.717) is 16.7 Å². The van der Waals surface area contributed by atoms with Crippen LogP contribution in [0.1, 0.15) is 16.8 Å². The van der Waals surface area contributed by atoms with Crippen molar-refractivity contribution in [2.24, 2.45) is 10.7 Å². The van der Waals surface area contributed by atoms with E-state index in [1.54, 1.807) is 14.0 Å². The van der Waals surface area contributed by atoms with Crippen LogP contribution in [-0.4, -0.2) is 37.5 Å². The van der Waals surface area contributed by atoms with E-state index in [0.717, 1.165) is 16.0 Å². The number of nitrogens with zero attached hydrogens (tertiary/aromatic N) is 4. The van der Waals surface area contributed by atoms with E-state index in [1.165, 1.54) is 21.7 Å². The van der Waals surface area contributed by atoms with Crippen molar-refractivity contribution in [3.8, 4) is 21.9 Å². The Balaban J connectivity index is 1.69. The fourth-order valence-corrected chi connectivity index (χ4v) is 4.90. The van der Waals surface area contributed by atoms with E-state index in [1.807, 2.05) is 24.3 Å². The second kappa shape index (κ2) is 6.86. The molecule has 2 atom stereocenters. The summed E-state index contributed by atoms with van der Waals surface area (Å²) in [4.78, 5) is 5.44. The molecule has 0 saturated carbocycles. The monoisotopic (exact) mass is 405 g/mol. The maximum absolute atomic E-state index is 14.6. The number of hydrogen-bond donors (Lipinski definition) is 1. The summed E-state index contributed by atoms with van der Waals surface area (Å²) in [6.45, 7) is 1.72. The SMILES string of the molecule is Cc1nnc(-c2cccc(-c3cc(F)c(C4CS(=O)N(C)C(N)=N4)s3)c2)o1. The van der Waals surface area contributed by atoms with Gasteiger partial charge in [-0.2, -0.15) is 0 Å². The average Bonchev–Trinajstić information content (AvgIpc) is 3.25. The van der Waals surface area contributed by atoms with Gasteiger partial charge in [-0.3, -0.25) is 4.31 Å². The van der Waals surface area contributed by atoms with E-state index in [4.69, 9.17) is 10.2 Å². The topological polar surface area (TPSA) is 97.6 Å². The lowest BCUT2D eigenvalue weighted by atomic mass is 10.1. The molecule has 1 aromatic carbocycles. The molecule has 0 bridgehead atoms. The van der Waals surface area contributed by atoms with Crippen LogP contribution < -0.4 is 5.73 Å². The van der Waals surface area contributed by atoms with Crippen LogP contribution in [0.25, 0.3) is 21.9 Å². The number of halogens is 1. The second-order valence-electron chi connectivity index (χ2n) is 6.02. The Morgan fingerprint density at radius 2 is 2.11 bits per heavy atom. The van der Waals surface area contributed by atoms with Gasteiger partial charge in [0.25, 0.3) is 0 Å². The number of thiophene rings is 1. The molecule has 27 heavy (non-hydrogen) atoms. The molecule has 2 aromatic heterocycles. The average molecular weight is 405 g/mol. The van der Waals surface area contributed by atoms with Crippen LogP contribution in [0.2, 0.25) is 0 Å². The second-order valence-corrected chi connectivity index (χ2v) is 8.63. The third-order valence-electron chi connectivity index (χ3n) is 4.15. The molecule has 2 unspecified atom stereocenters. The summed E-state index contributed by atoms with van der Waals surface area (Å²) in [5.41, 5.74) is 7.37. The largest absolute Gasteiger partial charge is 0.421 e. The molecule has 7 nitrogen and oxygen atoms in total. The van der Waals surface area contributed by atoms with Gasteiger partial charge >= 0.3 is 0 Å². The molecule has 2 N–H and O–H groups in total. The summed E-state index contributed by atoms with van der Waals surface area (Å²) in [6.07, 6.45) is 0. The molecule has 3 aromatic rings. The minimum Gasteiger partial charge on any atom is -0.421 e. The van der Waals surface area contributed by atoms with E-state index in [2.05, 4.69) is 15.2 Å². The quantitative estimate of drug-likeness (QED) is 0.723. The van der Waals surface area contributed by atoms with Crippen LogP contribution in [0, 0.1) is 12.7 Å². The van der Waals surface area contributed by atoms with Gasteiger partial charge in [0.2, 0.25) is 17.7 Å². The van der Waals surface area contributed by atoms with E-state index < -0.39 is 17.0 Å². The standard InChI is InChI=1S/C17H16FN5O2S2/c1-9-21-22-16(25-9)11-5-3-4-10(6-11)14-7-12(18)15(26-14)13-8-27(24)23(2)17(19)20-13/h3-7,13H,8H2,1-2H3,(H2,19,20). The molecule has 140 valence electrons. The minimum absolute atomic E-state index is 0.146. The number of nitrogens with two attached hydrogens (primary N) is 1. The summed E-state index contributed by atoms with van der Waals surface area (Å²) < 4.78 is 33.6. The number of benzene rings is 1. The van der Waals surface area contributed by atoms with Crippen LogP contribution >= 0.6 is 11.3 Å². The van der Waals surface area contributed by atoms with Gasteiger partial charge in [-0.1, -0.05) is 12.1 Å².